The Labute approximate surface area is 125 Å². The van der Waals surface area contributed by atoms with Gasteiger partial charge in [0.25, 0.3) is 0 Å². The summed E-state index contributed by atoms with van der Waals surface area (Å²) in [7, 11) is 0. The summed E-state index contributed by atoms with van der Waals surface area (Å²) in [6.45, 7) is 0. The molecule has 108 valence electrons. The van der Waals surface area contributed by atoms with Gasteiger partial charge in [0.05, 0.1) is 0 Å². The number of halogens is 1. The lowest BCUT2D eigenvalue weighted by atomic mass is 10.0. The van der Waals surface area contributed by atoms with Crippen molar-refractivity contribution in [3.8, 4) is 0 Å². The lowest BCUT2D eigenvalue weighted by Crippen LogP contribution is -2.09. The van der Waals surface area contributed by atoms with E-state index < -0.39 is 5.77 Å². The Morgan fingerprint density at radius 1 is 0.778 bits per heavy atom. The van der Waals surface area contributed by atoms with Crippen LogP contribution in [0, 0.1) is 0 Å². The van der Waals surface area contributed by atoms with E-state index in [9.17, 15) is 9.46 Å². The maximum absolute atomic E-state index is 12.2. The molecule has 0 amide bonds. The quantitative estimate of drug-likeness (QED) is 0.677. The van der Waals surface area contributed by atoms with Crippen molar-refractivity contribution < 1.29 is 9.46 Å². The molecule has 0 aliphatic heterocycles. The van der Waals surface area contributed by atoms with E-state index in [-0.39, 0.29) is 12.4 Å². The summed E-state index contributed by atoms with van der Waals surface area (Å²) in [6.07, 6.45) is 12.1. The van der Waals surface area contributed by atoms with Crippen LogP contribution in [-0.2, 0) is 4.57 Å². The highest BCUT2D eigenvalue weighted by Crippen LogP contribution is 2.70. The molecule has 0 bridgehead atoms. The molecule has 0 radical (unpaired) electrons. The van der Waals surface area contributed by atoms with Crippen molar-refractivity contribution in [1.29, 1.82) is 0 Å². The van der Waals surface area contributed by atoms with Crippen LogP contribution in [0.15, 0.2) is 0 Å². The van der Waals surface area contributed by atoms with E-state index in [0.29, 0.717) is 10.5 Å². The predicted octanol–water partition coefficient (Wildman–Crippen LogP) is 5.64. The molecule has 0 heterocycles. The highest BCUT2D eigenvalue weighted by molar-refractivity contribution is 8.89. The molecule has 0 saturated heterocycles. The van der Waals surface area contributed by atoms with E-state index in [1.165, 1.54) is 61.3 Å². The van der Waals surface area contributed by atoms with Crippen molar-refractivity contribution >= 4 is 40.9 Å². The average molecular weight is 331 g/mol. The topological polar surface area (TPSA) is 37.3 Å². The van der Waals surface area contributed by atoms with Crippen LogP contribution in [0.25, 0.3) is 0 Å². The van der Waals surface area contributed by atoms with Crippen LogP contribution in [-0.4, -0.2) is 15.4 Å². The molecule has 2 fully saturated rings. The van der Waals surface area contributed by atoms with Gasteiger partial charge in [0, 0.05) is 10.5 Å². The van der Waals surface area contributed by atoms with Crippen LogP contribution in [0.4, 0.5) is 0 Å². The minimum atomic E-state index is -3.00. The van der Waals surface area contributed by atoms with Crippen LogP contribution in [0.1, 0.15) is 64.2 Å². The lowest BCUT2D eigenvalue weighted by Gasteiger charge is -2.26. The van der Waals surface area contributed by atoms with E-state index in [1.54, 1.807) is 0 Å². The van der Waals surface area contributed by atoms with Gasteiger partial charge in [0.15, 0.2) is 0 Å². The Kier molecular flexibility index (Phi) is 8.10. The fourth-order valence-electron chi connectivity index (χ4n) is 2.74. The molecule has 0 aromatic heterocycles. The van der Waals surface area contributed by atoms with Gasteiger partial charge in [-0.3, -0.25) is 4.57 Å². The van der Waals surface area contributed by atoms with Crippen LogP contribution >= 0.6 is 40.9 Å². The third kappa shape index (κ3) is 6.09. The van der Waals surface area contributed by atoms with E-state index in [0.717, 1.165) is 25.7 Å². The minimum absolute atomic E-state index is 0. The number of hydrogen-bond donors (Lipinski definition) is 1. The number of rotatable bonds is 4. The average Bonchev–Trinajstić information content (AvgIpc) is 2.30. The predicted molar refractivity (Wildman–Crippen MR) is 86.0 cm³/mol. The third-order valence-corrected chi connectivity index (χ3v) is 10.7. The fourth-order valence-corrected chi connectivity index (χ4v) is 10.9. The van der Waals surface area contributed by atoms with Crippen LogP contribution in [0.3, 0.4) is 0 Å². The van der Waals surface area contributed by atoms with E-state index in [4.69, 9.17) is 0 Å². The smallest absolute Gasteiger partial charge is 0.311 e. The van der Waals surface area contributed by atoms with Crippen LogP contribution in [0.2, 0.25) is 0 Å². The van der Waals surface area contributed by atoms with Crippen molar-refractivity contribution in [2.75, 3.05) is 0 Å². The van der Waals surface area contributed by atoms with E-state index in [2.05, 4.69) is 0 Å². The van der Waals surface area contributed by atoms with Gasteiger partial charge in [0.1, 0.15) is 0 Å². The van der Waals surface area contributed by atoms with Gasteiger partial charge >= 0.3 is 5.77 Å². The molecule has 6 heteroatoms. The Morgan fingerprint density at radius 2 is 1.11 bits per heavy atom. The fraction of sp³-hybridized carbons (Fsp3) is 1.00. The maximum atomic E-state index is 12.2. The van der Waals surface area contributed by atoms with Crippen molar-refractivity contribution in [2.24, 2.45) is 0 Å². The van der Waals surface area contributed by atoms with Gasteiger partial charge < -0.3 is 4.89 Å². The largest absolute Gasteiger partial charge is 0.329 e. The molecule has 18 heavy (non-hydrogen) atoms. The molecule has 0 aromatic carbocycles. The van der Waals surface area contributed by atoms with E-state index >= 15 is 0 Å². The van der Waals surface area contributed by atoms with Gasteiger partial charge in [-0.1, -0.05) is 61.3 Å². The van der Waals surface area contributed by atoms with Crippen molar-refractivity contribution in [2.45, 2.75) is 74.7 Å². The monoisotopic (exact) mass is 330 g/mol. The van der Waals surface area contributed by atoms with Crippen molar-refractivity contribution in [3.05, 3.63) is 0 Å². The molecule has 0 aromatic rings. The van der Waals surface area contributed by atoms with Gasteiger partial charge in [-0.05, 0) is 25.7 Å². The van der Waals surface area contributed by atoms with Crippen molar-refractivity contribution in [3.63, 3.8) is 0 Å². The van der Waals surface area contributed by atoms with Gasteiger partial charge in [-0.2, -0.15) is 0 Å². The van der Waals surface area contributed by atoms with Gasteiger partial charge in [0.2, 0.25) is 0 Å². The molecule has 0 atom stereocenters. The summed E-state index contributed by atoms with van der Waals surface area (Å²) in [5, 5.41) is 0.881. The second-order valence-electron chi connectivity index (χ2n) is 5.20. The zero-order valence-electron chi connectivity index (χ0n) is 10.8. The molecular weight excluding hydrogens is 307 g/mol. The summed E-state index contributed by atoms with van der Waals surface area (Å²) >= 11 is 2.78. The van der Waals surface area contributed by atoms with E-state index in [1.807, 2.05) is 0 Å². The normalized spacial score (nSPS) is 23.6. The third-order valence-electron chi connectivity index (χ3n) is 3.67. The first-order chi connectivity index (χ1) is 8.16. The summed E-state index contributed by atoms with van der Waals surface area (Å²) < 4.78 is 12.2. The zero-order valence-corrected chi connectivity index (χ0v) is 14.1. The SMILES string of the molecule is Cl.O=P(O)(SC1CCCCC1)SC1CCCCC1. The molecule has 2 saturated carbocycles. The Balaban J connectivity index is 0.00000162. The Morgan fingerprint density at radius 3 is 1.44 bits per heavy atom. The maximum Gasteiger partial charge on any atom is 0.311 e. The summed E-state index contributed by atoms with van der Waals surface area (Å²) in [4.78, 5) is 10.1. The highest BCUT2D eigenvalue weighted by atomic mass is 35.5. The molecule has 0 unspecified atom stereocenters. The van der Waals surface area contributed by atoms with Crippen LogP contribution < -0.4 is 0 Å². The molecule has 1 N–H and O–H groups in total. The molecule has 2 rings (SSSR count). The first-order valence-electron chi connectivity index (χ1n) is 6.85. The van der Waals surface area contributed by atoms with Gasteiger partial charge in [-0.15, -0.1) is 12.4 Å². The minimum Gasteiger partial charge on any atom is -0.329 e. The van der Waals surface area contributed by atoms with Crippen molar-refractivity contribution in [1.82, 2.24) is 0 Å². The summed E-state index contributed by atoms with van der Waals surface area (Å²) in [5.41, 5.74) is 0. The Bertz CT molecular complexity index is 255. The number of hydrogen-bond acceptors (Lipinski definition) is 3. The molecule has 2 nitrogen and oxygen atoms in total. The van der Waals surface area contributed by atoms with Gasteiger partial charge in [-0.25, -0.2) is 0 Å². The summed E-state index contributed by atoms with van der Waals surface area (Å²) in [6, 6.07) is 0. The second kappa shape index (κ2) is 8.46. The molecule has 2 aliphatic carbocycles. The standard InChI is InChI=1S/C12H23O2PS2.ClH/c13-15(14,16-11-7-3-1-4-8-11)17-12-9-5-2-6-10-12;/h11-12H,1-10H2,(H,13,14);1H. The lowest BCUT2D eigenvalue weighted by molar-refractivity contribution is 0.501. The molecule has 0 spiro atoms. The second-order valence-corrected chi connectivity index (χ2v) is 12.8. The molecule has 2 aliphatic rings. The summed E-state index contributed by atoms with van der Waals surface area (Å²) in [5.74, 6) is -3.00. The Hall–Kier alpha value is 1.18. The zero-order chi connectivity index (χ0) is 12.1. The first kappa shape index (κ1) is 17.2. The van der Waals surface area contributed by atoms with Crippen LogP contribution in [0.5, 0.6) is 0 Å². The highest BCUT2D eigenvalue weighted by Gasteiger charge is 2.30. The molecular formula is C12H24ClO2PS2. The first-order valence-corrected chi connectivity index (χ1v) is 11.5.